The highest BCUT2D eigenvalue weighted by atomic mass is 16.4. The molecule has 0 aliphatic heterocycles. The van der Waals surface area contributed by atoms with Crippen molar-refractivity contribution < 1.29 is 9.90 Å². The molecular formula is C13H14N2O2. The van der Waals surface area contributed by atoms with Crippen LogP contribution in [0, 0.1) is 13.8 Å². The van der Waals surface area contributed by atoms with Crippen LogP contribution in [0.5, 0.6) is 0 Å². The number of benzene rings is 1. The predicted molar refractivity (Wildman–Crippen MR) is 64.4 cm³/mol. The summed E-state index contributed by atoms with van der Waals surface area (Å²) in [4.78, 5) is 14.9. The van der Waals surface area contributed by atoms with Crippen LogP contribution >= 0.6 is 0 Å². The maximum Gasteiger partial charge on any atom is 0.311 e. The Hall–Kier alpha value is -2.10. The first-order valence-electron chi connectivity index (χ1n) is 5.40. The van der Waals surface area contributed by atoms with Gasteiger partial charge in [-0.1, -0.05) is 18.2 Å². The van der Waals surface area contributed by atoms with E-state index in [9.17, 15) is 4.79 Å². The van der Waals surface area contributed by atoms with Crippen molar-refractivity contribution in [3.8, 4) is 5.69 Å². The van der Waals surface area contributed by atoms with E-state index in [1.165, 1.54) is 0 Å². The van der Waals surface area contributed by atoms with Crippen molar-refractivity contribution in [2.24, 2.45) is 0 Å². The number of para-hydroxylation sites is 1. The van der Waals surface area contributed by atoms with E-state index >= 15 is 0 Å². The molecule has 0 fully saturated rings. The third-order valence-corrected chi connectivity index (χ3v) is 2.68. The zero-order valence-electron chi connectivity index (χ0n) is 9.84. The highest BCUT2D eigenvalue weighted by Gasteiger charge is 2.13. The van der Waals surface area contributed by atoms with Gasteiger partial charge in [-0.3, -0.25) is 4.79 Å². The molecule has 0 saturated carbocycles. The number of rotatable bonds is 3. The van der Waals surface area contributed by atoms with E-state index in [-0.39, 0.29) is 6.42 Å². The molecule has 1 heterocycles. The van der Waals surface area contributed by atoms with Crippen LogP contribution in [0.25, 0.3) is 5.69 Å². The highest BCUT2D eigenvalue weighted by Crippen LogP contribution is 2.18. The molecule has 1 N–H and O–H groups in total. The van der Waals surface area contributed by atoms with Gasteiger partial charge >= 0.3 is 5.97 Å². The molecule has 0 spiro atoms. The summed E-state index contributed by atoms with van der Waals surface area (Å²) in [6, 6.07) is 7.86. The summed E-state index contributed by atoms with van der Waals surface area (Å²) in [6.07, 6.45) is 1.63. The van der Waals surface area contributed by atoms with Gasteiger partial charge in [0.2, 0.25) is 0 Å². The average molecular weight is 230 g/mol. The lowest BCUT2D eigenvalue weighted by molar-refractivity contribution is -0.136. The first kappa shape index (κ1) is 11.4. The molecule has 0 aliphatic carbocycles. The lowest BCUT2D eigenvalue weighted by atomic mass is 10.2. The van der Waals surface area contributed by atoms with E-state index < -0.39 is 5.97 Å². The molecule has 0 amide bonds. The Morgan fingerprint density at radius 2 is 2.06 bits per heavy atom. The molecule has 88 valence electrons. The number of aliphatic carboxylic acids is 1. The van der Waals surface area contributed by atoms with Crippen LogP contribution in [-0.2, 0) is 11.2 Å². The summed E-state index contributed by atoms with van der Waals surface area (Å²) in [5.74, 6) is -0.310. The lowest BCUT2D eigenvalue weighted by Crippen LogP contribution is -2.09. The van der Waals surface area contributed by atoms with E-state index in [2.05, 4.69) is 4.98 Å². The second-order valence-corrected chi connectivity index (χ2v) is 4.01. The summed E-state index contributed by atoms with van der Waals surface area (Å²) in [5, 5.41) is 8.86. The molecule has 0 saturated heterocycles. The van der Waals surface area contributed by atoms with Crippen molar-refractivity contribution in [1.29, 1.82) is 0 Å². The molecule has 0 radical (unpaired) electrons. The lowest BCUT2D eigenvalue weighted by Gasteiger charge is -2.11. The zero-order chi connectivity index (χ0) is 12.4. The maximum atomic E-state index is 10.8. The molecule has 1 aromatic heterocycles. The highest BCUT2D eigenvalue weighted by molar-refractivity contribution is 5.69. The van der Waals surface area contributed by atoms with Crippen LogP contribution in [0.3, 0.4) is 0 Å². The van der Waals surface area contributed by atoms with Crippen LogP contribution < -0.4 is 0 Å². The molecule has 4 heteroatoms. The van der Waals surface area contributed by atoms with Gasteiger partial charge in [-0.15, -0.1) is 0 Å². The Morgan fingerprint density at radius 1 is 1.35 bits per heavy atom. The van der Waals surface area contributed by atoms with Gasteiger partial charge in [0.25, 0.3) is 0 Å². The number of aromatic nitrogens is 2. The largest absolute Gasteiger partial charge is 0.481 e. The Bertz CT molecular complexity index is 558. The van der Waals surface area contributed by atoms with E-state index in [0.717, 1.165) is 16.9 Å². The van der Waals surface area contributed by atoms with E-state index in [0.29, 0.717) is 5.82 Å². The molecule has 2 rings (SSSR count). The third-order valence-electron chi connectivity index (χ3n) is 2.68. The summed E-state index contributed by atoms with van der Waals surface area (Å²) >= 11 is 0. The van der Waals surface area contributed by atoms with Crippen molar-refractivity contribution in [1.82, 2.24) is 9.55 Å². The maximum absolute atomic E-state index is 10.8. The van der Waals surface area contributed by atoms with Crippen LogP contribution in [0.4, 0.5) is 0 Å². The average Bonchev–Trinajstić information content (AvgIpc) is 2.60. The number of aryl methyl sites for hydroxylation is 2. The number of carboxylic acids is 1. The first-order chi connectivity index (χ1) is 8.09. The second-order valence-electron chi connectivity index (χ2n) is 4.01. The van der Waals surface area contributed by atoms with Gasteiger partial charge < -0.3 is 9.67 Å². The summed E-state index contributed by atoms with van der Waals surface area (Å²) < 4.78 is 1.89. The van der Waals surface area contributed by atoms with Gasteiger partial charge in [0.1, 0.15) is 12.2 Å². The fourth-order valence-electron chi connectivity index (χ4n) is 1.89. The van der Waals surface area contributed by atoms with Crippen molar-refractivity contribution in [3.63, 3.8) is 0 Å². The van der Waals surface area contributed by atoms with Gasteiger partial charge in [0.15, 0.2) is 0 Å². The van der Waals surface area contributed by atoms with Crippen LogP contribution in [-0.4, -0.2) is 20.6 Å². The quantitative estimate of drug-likeness (QED) is 0.878. The van der Waals surface area contributed by atoms with Crippen LogP contribution in [0.15, 0.2) is 30.5 Å². The van der Waals surface area contributed by atoms with Gasteiger partial charge in [-0.05, 0) is 25.5 Å². The topological polar surface area (TPSA) is 55.1 Å². The van der Waals surface area contributed by atoms with Gasteiger partial charge in [-0.2, -0.15) is 0 Å². The van der Waals surface area contributed by atoms with Gasteiger partial charge in [0.05, 0.1) is 0 Å². The van der Waals surface area contributed by atoms with Crippen molar-refractivity contribution in [2.45, 2.75) is 20.3 Å². The molecular weight excluding hydrogens is 216 g/mol. The number of carboxylic acid groups (broad SMARTS) is 1. The summed E-state index contributed by atoms with van der Waals surface area (Å²) in [7, 11) is 0. The van der Waals surface area contributed by atoms with Crippen molar-refractivity contribution >= 4 is 5.97 Å². The van der Waals surface area contributed by atoms with Crippen molar-refractivity contribution in [3.05, 3.63) is 47.5 Å². The molecule has 1 aromatic carbocycles. The van der Waals surface area contributed by atoms with Gasteiger partial charge in [0, 0.05) is 17.6 Å². The SMILES string of the molecule is Cc1ccccc1-n1c(C)cnc1CC(=O)O. The third kappa shape index (κ3) is 2.20. The normalized spacial score (nSPS) is 10.5. The van der Waals surface area contributed by atoms with Crippen LogP contribution in [0.2, 0.25) is 0 Å². The molecule has 0 atom stereocenters. The standard InChI is InChI=1S/C13H14N2O2/c1-9-5-3-4-6-11(9)15-10(2)8-14-12(15)7-13(16)17/h3-6,8H,7H2,1-2H3,(H,16,17). The minimum absolute atomic E-state index is 0.0673. The minimum atomic E-state index is -0.870. The number of imidazole rings is 1. The second kappa shape index (κ2) is 4.41. The summed E-state index contributed by atoms with van der Waals surface area (Å²) in [6.45, 7) is 3.92. The van der Waals surface area contributed by atoms with Crippen molar-refractivity contribution in [2.75, 3.05) is 0 Å². The Balaban J connectivity index is 2.55. The number of hydrogen-bond acceptors (Lipinski definition) is 2. The van der Waals surface area contributed by atoms with E-state index in [1.807, 2.05) is 42.7 Å². The monoisotopic (exact) mass is 230 g/mol. The molecule has 0 bridgehead atoms. The number of carbonyl (C=O) groups is 1. The first-order valence-corrected chi connectivity index (χ1v) is 5.40. The minimum Gasteiger partial charge on any atom is -0.481 e. The predicted octanol–water partition coefficient (Wildman–Crippen LogP) is 2.12. The fourth-order valence-corrected chi connectivity index (χ4v) is 1.89. The fraction of sp³-hybridized carbons (Fsp3) is 0.231. The zero-order valence-corrected chi connectivity index (χ0v) is 9.84. The van der Waals surface area contributed by atoms with Gasteiger partial charge in [-0.25, -0.2) is 4.98 Å². The number of nitrogens with zero attached hydrogens (tertiary/aromatic N) is 2. The Labute approximate surface area is 99.5 Å². The molecule has 4 nitrogen and oxygen atoms in total. The molecule has 0 aliphatic rings. The molecule has 17 heavy (non-hydrogen) atoms. The molecule has 2 aromatic rings. The van der Waals surface area contributed by atoms with E-state index in [1.54, 1.807) is 6.20 Å². The number of hydrogen-bond donors (Lipinski definition) is 1. The van der Waals surface area contributed by atoms with E-state index in [4.69, 9.17) is 5.11 Å². The Morgan fingerprint density at radius 3 is 2.71 bits per heavy atom. The smallest absolute Gasteiger partial charge is 0.311 e. The Kier molecular flexibility index (Phi) is 2.95. The van der Waals surface area contributed by atoms with Crippen LogP contribution in [0.1, 0.15) is 17.1 Å². The summed E-state index contributed by atoms with van der Waals surface area (Å²) in [5.41, 5.74) is 3.02. The molecule has 0 unspecified atom stereocenters.